The standard InChI is InChI=1S/C9H19N3O3/c1-4-15-7-8(13)10-5-6-11-9(14)12(2)3/h4-7H2,1-3H3,(H,10,13)(H,11,14). The Kier molecular flexibility index (Phi) is 7.35. The van der Waals surface area contributed by atoms with Gasteiger partial charge in [0.15, 0.2) is 0 Å². The van der Waals surface area contributed by atoms with Crippen molar-refractivity contribution in [2.24, 2.45) is 0 Å². The van der Waals surface area contributed by atoms with E-state index in [9.17, 15) is 9.59 Å². The van der Waals surface area contributed by atoms with E-state index in [2.05, 4.69) is 10.6 Å². The van der Waals surface area contributed by atoms with Crippen LogP contribution in [0.2, 0.25) is 0 Å². The van der Waals surface area contributed by atoms with Crippen molar-refractivity contribution in [3.8, 4) is 0 Å². The van der Waals surface area contributed by atoms with Crippen molar-refractivity contribution in [3.63, 3.8) is 0 Å². The lowest BCUT2D eigenvalue weighted by Gasteiger charge is -2.12. The molecule has 0 aromatic rings. The van der Waals surface area contributed by atoms with Gasteiger partial charge < -0.3 is 20.3 Å². The largest absolute Gasteiger partial charge is 0.372 e. The zero-order chi connectivity index (χ0) is 11.7. The Bertz CT molecular complexity index is 207. The van der Waals surface area contributed by atoms with Crippen LogP contribution in [0.25, 0.3) is 0 Å². The van der Waals surface area contributed by atoms with E-state index < -0.39 is 0 Å². The number of ether oxygens (including phenoxy) is 1. The van der Waals surface area contributed by atoms with Gasteiger partial charge in [0.05, 0.1) is 0 Å². The number of carbonyl (C=O) groups excluding carboxylic acids is 2. The lowest BCUT2D eigenvalue weighted by atomic mass is 10.5. The average molecular weight is 217 g/mol. The molecule has 0 rings (SSSR count). The molecule has 6 nitrogen and oxygen atoms in total. The Morgan fingerprint density at radius 3 is 2.33 bits per heavy atom. The van der Waals surface area contributed by atoms with Crippen LogP contribution < -0.4 is 10.6 Å². The SMILES string of the molecule is CCOCC(=O)NCCNC(=O)N(C)C. The van der Waals surface area contributed by atoms with Gasteiger partial charge in [0, 0.05) is 33.8 Å². The smallest absolute Gasteiger partial charge is 0.316 e. The second kappa shape index (κ2) is 8.05. The van der Waals surface area contributed by atoms with E-state index in [-0.39, 0.29) is 18.5 Å². The fraction of sp³-hybridized carbons (Fsp3) is 0.778. The molecular formula is C9H19N3O3. The van der Waals surface area contributed by atoms with Gasteiger partial charge in [-0.3, -0.25) is 4.79 Å². The third kappa shape index (κ3) is 7.75. The normalized spacial score (nSPS) is 9.53. The summed E-state index contributed by atoms with van der Waals surface area (Å²) in [6, 6.07) is -0.172. The van der Waals surface area contributed by atoms with Crippen LogP contribution in [-0.4, -0.2) is 57.2 Å². The highest BCUT2D eigenvalue weighted by molar-refractivity contribution is 5.77. The summed E-state index contributed by atoms with van der Waals surface area (Å²) in [4.78, 5) is 23.5. The summed E-state index contributed by atoms with van der Waals surface area (Å²) in [5.41, 5.74) is 0. The molecule has 0 aliphatic rings. The fourth-order valence-electron chi connectivity index (χ4n) is 0.775. The molecule has 2 N–H and O–H groups in total. The van der Waals surface area contributed by atoms with Crippen LogP contribution in [0.3, 0.4) is 0 Å². The number of nitrogens with one attached hydrogen (secondary N) is 2. The van der Waals surface area contributed by atoms with Crippen molar-refractivity contribution in [2.45, 2.75) is 6.92 Å². The highest BCUT2D eigenvalue weighted by Gasteiger charge is 2.02. The van der Waals surface area contributed by atoms with Gasteiger partial charge in [0.25, 0.3) is 0 Å². The second-order valence-corrected chi connectivity index (χ2v) is 3.11. The van der Waals surface area contributed by atoms with Crippen LogP contribution in [0.1, 0.15) is 6.92 Å². The molecule has 0 unspecified atom stereocenters. The molecule has 15 heavy (non-hydrogen) atoms. The van der Waals surface area contributed by atoms with E-state index in [1.807, 2.05) is 6.92 Å². The summed E-state index contributed by atoms with van der Waals surface area (Å²) in [6.07, 6.45) is 0. The van der Waals surface area contributed by atoms with E-state index in [4.69, 9.17) is 4.74 Å². The first kappa shape index (κ1) is 13.7. The van der Waals surface area contributed by atoms with E-state index in [0.29, 0.717) is 19.7 Å². The van der Waals surface area contributed by atoms with Gasteiger partial charge >= 0.3 is 6.03 Å². The molecular weight excluding hydrogens is 198 g/mol. The minimum Gasteiger partial charge on any atom is -0.372 e. The van der Waals surface area contributed by atoms with Crippen molar-refractivity contribution in [2.75, 3.05) is 40.4 Å². The molecule has 0 aromatic carbocycles. The summed E-state index contributed by atoms with van der Waals surface area (Å²) in [5, 5.41) is 5.24. The molecule has 0 fully saturated rings. The molecule has 0 aliphatic carbocycles. The highest BCUT2D eigenvalue weighted by Crippen LogP contribution is 1.76. The summed E-state index contributed by atoms with van der Waals surface area (Å²) in [7, 11) is 3.31. The molecule has 0 atom stereocenters. The van der Waals surface area contributed by atoms with Gasteiger partial charge in [0.1, 0.15) is 6.61 Å². The first-order chi connectivity index (χ1) is 7.07. The van der Waals surface area contributed by atoms with E-state index in [1.54, 1.807) is 14.1 Å². The maximum atomic E-state index is 11.0. The Morgan fingerprint density at radius 2 is 1.80 bits per heavy atom. The molecule has 0 bridgehead atoms. The minimum atomic E-state index is -0.172. The van der Waals surface area contributed by atoms with Crippen LogP contribution in [0.4, 0.5) is 4.79 Å². The molecule has 0 spiro atoms. The predicted octanol–water partition coefficient (Wildman–Crippen LogP) is -0.590. The lowest BCUT2D eigenvalue weighted by Crippen LogP contribution is -2.40. The number of hydrogen-bond acceptors (Lipinski definition) is 3. The van der Waals surface area contributed by atoms with Crippen molar-refractivity contribution < 1.29 is 14.3 Å². The maximum absolute atomic E-state index is 11.0. The van der Waals surface area contributed by atoms with Gasteiger partial charge in [-0.2, -0.15) is 0 Å². The summed E-state index contributed by atoms with van der Waals surface area (Å²) in [5.74, 6) is -0.170. The van der Waals surface area contributed by atoms with Gasteiger partial charge in [-0.15, -0.1) is 0 Å². The summed E-state index contributed by atoms with van der Waals surface area (Å²) in [6.45, 7) is 3.23. The number of rotatable bonds is 6. The van der Waals surface area contributed by atoms with Crippen molar-refractivity contribution in [3.05, 3.63) is 0 Å². The molecule has 0 aromatic heterocycles. The maximum Gasteiger partial charge on any atom is 0.316 e. The minimum absolute atomic E-state index is 0.0676. The van der Waals surface area contributed by atoms with Gasteiger partial charge in [-0.1, -0.05) is 0 Å². The molecule has 0 saturated heterocycles. The van der Waals surface area contributed by atoms with Gasteiger partial charge in [0.2, 0.25) is 5.91 Å². The molecule has 0 radical (unpaired) electrons. The van der Waals surface area contributed by atoms with Crippen molar-refractivity contribution in [1.82, 2.24) is 15.5 Å². The summed E-state index contributed by atoms with van der Waals surface area (Å²) >= 11 is 0. The van der Waals surface area contributed by atoms with E-state index in [0.717, 1.165) is 0 Å². The summed E-state index contributed by atoms with van der Waals surface area (Å²) < 4.78 is 4.90. The van der Waals surface area contributed by atoms with Gasteiger partial charge in [-0.25, -0.2) is 4.79 Å². The number of carbonyl (C=O) groups is 2. The van der Waals surface area contributed by atoms with Crippen LogP contribution in [0, 0.1) is 0 Å². The average Bonchev–Trinajstić information content (AvgIpc) is 2.20. The van der Waals surface area contributed by atoms with Crippen LogP contribution >= 0.6 is 0 Å². The van der Waals surface area contributed by atoms with Crippen LogP contribution in [-0.2, 0) is 9.53 Å². The zero-order valence-electron chi connectivity index (χ0n) is 9.50. The van der Waals surface area contributed by atoms with Crippen LogP contribution in [0.15, 0.2) is 0 Å². The molecule has 88 valence electrons. The van der Waals surface area contributed by atoms with Crippen molar-refractivity contribution in [1.29, 1.82) is 0 Å². The number of urea groups is 1. The number of amides is 3. The molecule has 0 aliphatic heterocycles. The van der Waals surface area contributed by atoms with Gasteiger partial charge in [-0.05, 0) is 6.92 Å². The molecule has 3 amide bonds. The highest BCUT2D eigenvalue weighted by atomic mass is 16.5. The fourth-order valence-corrected chi connectivity index (χ4v) is 0.775. The predicted molar refractivity (Wildman–Crippen MR) is 56.6 cm³/mol. The first-order valence-electron chi connectivity index (χ1n) is 4.87. The Labute approximate surface area is 90.0 Å². The molecule has 6 heteroatoms. The Morgan fingerprint density at radius 1 is 1.20 bits per heavy atom. The Hall–Kier alpha value is -1.30. The third-order valence-corrected chi connectivity index (χ3v) is 1.57. The third-order valence-electron chi connectivity index (χ3n) is 1.57. The topological polar surface area (TPSA) is 70.7 Å². The lowest BCUT2D eigenvalue weighted by molar-refractivity contribution is -0.125. The second-order valence-electron chi connectivity index (χ2n) is 3.11. The van der Waals surface area contributed by atoms with E-state index in [1.165, 1.54) is 4.90 Å². The number of nitrogens with zero attached hydrogens (tertiary/aromatic N) is 1. The zero-order valence-corrected chi connectivity index (χ0v) is 9.50. The Balaban J connectivity index is 3.38. The molecule has 0 saturated carbocycles. The first-order valence-corrected chi connectivity index (χ1v) is 4.87. The monoisotopic (exact) mass is 217 g/mol. The van der Waals surface area contributed by atoms with E-state index >= 15 is 0 Å². The quantitative estimate of drug-likeness (QED) is 0.584. The molecule has 0 heterocycles. The number of hydrogen-bond donors (Lipinski definition) is 2. The van der Waals surface area contributed by atoms with Crippen LogP contribution in [0.5, 0.6) is 0 Å². The van der Waals surface area contributed by atoms with Crippen molar-refractivity contribution >= 4 is 11.9 Å².